The third kappa shape index (κ3) is 5.73. The second-order valence-electron chi connectivity index (χ2n) is 6.75. The minimum atomic E-state index is -0.810. The number of hydrogen-bond acceptors (Lipinski definition) is 11. The van der Waals surface area contributed by atoms with Crippen LogP contribution in [0.3, 0.4) is 0 Å². The highest BCUT2D eigenvalue weighted by Crippen LogP contribution is 2.39. The van der Waals surface area contributed by atoms with E-state index < -0.39 is 44.9 Å². The van der Waals surface area contributed by atoms with E-state index in [1.165, 1.54) is 31.4 Å². The van der Waals surface area contributed by atoms with Gasteiger partial charge in [0.1, 0.15) is 6.54 Å². The van der Waals surface area contributed by atoms with Crippen LogP contribution in [-0.2, 0) is 14.3 Å². The molecule has 0 aliphatic carbocycles. The summed E-state index contributed by atoms with van der Waals surface area (Å²) in [6.07, 6.45) is 1.41. The number of nitro groups is 2. The number of hydrogen-bond donors (Lipinski definition) is 0. The number of non-ortho nitro benzene ring substituents is 1. The van der Waals surface area contributed by atoms with Crippen molar-refractivity contribution >= 4 is 46.3 Å². The van der Waals surface area contributed by atoms with Gasteiger partial charge in [0.15, 0.2) is 11.5 Å². The monoisotopic (exact) mass is 503 g/mol. The number of nitro benzene ring substituents is 2. The van der Waals surface area contributed by atoms with Crippen LogP contribution in [0.5, 0.6) is 17.2 Å². The summed E-state index contributed by atoms with van der Waals surface area (Å²) in [4.78, 5) is 57.8. The molecule has 14 heteroatoms. The third-order valence-electron chi connectivity index (χ3n) is 4.52. The zero-order valence-electron chi connectivity index (χ0n) is 18.3. The van der Waals surface area contributed by atoms with Crippen LogP contribution in [0.4, 0.5) is 16.2 Å². The molecule has 182 valence electrons. The molecule has 3 rings (SSSR count). The maximum atomic E-state index is 12.5. The van der Waals surface area contributed by atoms with Crippen LogP contribution < -0.4 is 9.47 Å². The predicted molar refractivity (Wildman–Crippen MR) is 122 cm³/mol. The first kappa shape index (κ1) is 25.2. The van der Waals surface area contributed by atoms with Crippen molar-refractivity contribution in [2.75, 3.05) is 20.3 Å². The summed E-state index contributed by atoms with van der Waals surface area (Å²) in [7, 11) is 1.32. The minimum Gasteiger partial charge on any atom is -0.493 e. The smallest absolute Gasteiger partial charge is 0.326 e. The van der Waals surface area contributed by atoms with Crippen LogP contribution in [0, 0.1) is 20.2 Å². The van der Waals surface area contributed by atoms with Gasteiger partial charge in [-0.05, 0) is 48.5 Å². The fourth-order valence-corrected chi connectivity index (χ4v) is 3.79. The summed E-state index contributed by atoms with van der Waals surface area (Å²) in [5.74, 6) is -1.41. The summed E-state index contributed by atoms with van der Waals surface area (Å²) >= 11 is 0.654. The molecule has 1 saturated heterocycles. The van der Waals surface area contributed by atoms with Gasteiger partial charge in [-0.1, -0.05) is 6.07 Å². The second kappa shape index (κ2) is 10.6. The number of imide groups is 1. The lowest BCUT2D eigenvalue weighted by atomic mass is 10.1. The fourth-order valence-electron chi connectivity index (χ4n) is 2.95. The standard InChI is InChI=1S/C21H17N3O10S/c1-3-33-19(25)11-22-20(26)18(35-21(22)27)9-12-4-6-16(17(8-12)32-2)34-15-7-5-13(23(28)29)10-14(15)24(30)31/h4-10H,3,11H2,1-2H3/b18-9+. The zero-order valence-corrected chi connectivity index (χ0v) is 19.1. The molecule has 2 aromatic carbocycles. The topological polar surface area (TPSA) is 168 Å². The molecule has 0 N–H and O–H groups in total. The Morgan fingerprint density at radius 1 is 1.06 bits per heavy atom. The zero-order chi connectivity index (χ0) is 25.7. The first-order chi connectivity index (χ1) is 16.6. The number of esters is 1. The van der Waals surface area contributed by atoms with Gasteiger partial charge in [-0.3, -0.25) is 39.5 Å². The summed E-state index contributed by atoms with van der Waals surface area (Å²) in [6.45, 7) is 1.22. The normalized spacial score (nSPS) is 14.2. The molecule has 2 aromatic rings. The van der Waals surface area contributed by atoms with Gasteiger partial charge in [0, 0.05) is 6.07 Å². The van der Waals surface area contributed by atoms with Gasteiger partial charge in [-0.15, -0.1) is 0 Å². The average Bonchev–Trinajstić information content (AvgIpc) is 3.07. The molecule has 1 fully saturated rings. The lowest BCUT2D eigenvalue weighted by Crippen LogP contribution is -2.34. The minimum absolute atomic E-state index is 0.0667. The van der Waals surface area contributed by atoms with Gasteiger partial charge in [0.25, 0.3) is 16.8 Å². The molecule has 0 aromatic heterocycles. The van der Waals surface area contributed by atoms with Crippen molar-refractivity contribution in [3.63, 3.8) is 0 Å². The number of rotatable bonds is 9. The Morgan fingerprint density at radius 2 is 1.77 bits per heavy atom. The number of carbonyl (C=O) groups excluding carboxylic acids is 3. The number of carbonyl (C=O) groups is 3. The highest BCUT2D eigenvalue weighted by molar-refractivity contribution is 8.18. The number of benzene rings is 2. The Hall–Kier alpha value is -4.46. The van der Waals surface area contributed by atoms with E-state index in [-0.39, 0.29) is 28.8 Å². The van der Waals surface area contributed by atoms with E-state index in [0.717, 1.165) is 23.1 Å². The molecule has 1 aliphatic heterocycles. The van der Waals surface area contributed by atoms with Gasteiger partial charge >= 0.3 is 11.7 Å². The maximum Gasteiger partial charge on any atom is 0.326 e. The molecule has 0 unspecified atom stereocenters. The summed E-state index contributed by atoms with van der Waals surface area (Å²) in [5, 5.41) is 21.6. The number of amides is 2. The Morgan fingerprint density at radius 3 is 2.40 bits per heavy atom. The molecule has 2 amide bonds. The molecule has 1 aliphatic rings. The number of thioether (sulfide) groups is 1. The Bertz CT molecular complexity index is 1260. The summed E-state index contributed by atoms with van der Waals surface area (Å²) in [5.41, 5.74) is -0.641. The van der Waals surface area contributed by atoms with E-state index in [1.807, 2.05) is 0 Å². The fraction of sp³-hybridized carbons (Fsp3) is 0.190. The highest BCUT2D eigenvalue weighted by Gasteiger charge is 2.36. The van der Waals surface area contributed by atoms with Gasteiger partial charge in [0.05, 0.1) is 34.5 Å². The predicted octanol–water partition coefficient (Wildman–Crippen LogP) is 3.90. The lowest BCUT2D eigenvalue weighted by Gasteiger charge is -2.12. The van der Waals surface area contributed by atoms with E-state index in [1.54, 1.807) is 6.92 Å². The van der Waals surface area contributed by atoms with Gasteiger partial charge < -0.3 is 14.2 Å². The molecule has 1 heterocycles. The molecule has 0 spiro atoms. The molecule has 0 atom stereocenters. The van der Waals surface area contributed by atoms with Crippen molar-refractivity contribution < 1.29 is 38.4 Å². The Balaban J connectivity index is 1.86. The van der Waals surface area contributed by atoms with Crippen LogP contribution in [0.1, 0.15) is 12.5 Å². The Kier molecular flexibility index (Phi) is 7.66. The van der Waals surface area contributed by atoms with Crippen molar-refractivity contribution in [1.82, 2.24) is 4.90 Å². The van der Waals surface area contributed by atoms with E-state index in [0.29, 0.717) is 17.3 Å². The van der Waals surface area contributed by atoms with Crippen molar-refractivity contribution in [3.05, 3.63) is 67.1 Å². The van der Waals surface area contributed by atoms with Crippen LogP contribution in [0.15, 0.2) is 41.3 Å². The first-order valence-corrected chi connectivity index (χ1v) is 10.7. The van der Waals surface area contributed by atoms with Crippen LogP contribution >= 0.6 is 11.8 Å². The third-order valence-corrected chi connectivity index (χ3v) is 5.43. The SMILES string of the molecule is CCOC(=O)CN1C(=O)S/C(=C/c2ccc(Oc3ccc([N+](=O)[O-])cc3[N+](=O)[O-])c(OC)c2)C1=O. The molecule has 0 bridgehead atoms. The van der Waals surface area contributed by atoms with E-state index >= 15 is 0 Å². The van der Waals surface area contributed by atoms with E-state index in [2.05, 4.69) is 0 Å². The van der Waals surface area contributed by atoms with Crippen molar-refractivity contribution in [1.29, 1.82) is 0 Å². The van der Waals surface area contributed by atoms with Crippen LogP contribution in [-0.4, -0.2) is 52.1 Å². The second-order valence-corrected chi connectivity index (χ2v) is 7.74. The number of nitrogens with zero attached hydrogens (tertiary/aromatic N) is 3. The quantitative estimate of drug-likeness (QED) is 0.210. The number of ether oxygens (including phenoxy) is 3. The Labute approximate surface area is 201 Å². The summed E-state index contributed by atoms with van der Waals surface area (Å²) in [6, 6.07) is 7.33. The largest absolute Gasteiger partial charge is 0.493 e. The molecule has 35 heavy (non-hydrogen) atoms. The molecular formula is C21H17N3O10S. The molecule has 0 radical (unpaired) electrons. The lowest BCUT2D eigenvalue weighted by molar-refractivity contribution is -0.394. The van der Waals surface area contributed by atoms with Crippen molar-refractivity contribution in [3.8, 4) is 17.2 Å². The molecule has 0 saturated carbocycles. The number of methoxy groups -OCH3 is 1. The maximum absolute atomic E-state index is 12.5. The van der Waals surface area contributed by atoms with Gasteiger partial charge in [-0.2, -0.15) is 0 Å². The van der Waals surface area contributed by atoms with Gasteiger partial charge in [-0.25, -0.2) is 0 Å². The highest BCUT2D eigenvalue weighted by atomic mass is 32.2. The van der Waals surface area contributed by atoms with Gasteiger partial charge in [0.2, 0.25) is 5.75 Å². The molecular weight excluding hydrogens is 486 g/mol. The molecule has 13 nitrogen and oxygen atoms in total. The van der Waals surface area contributed by atoms with Crippen molar-refractivity contribution in [2.24, 2.45) is 0 Å². The van der Waals surface area contributed by atoms with E-state index in [9.17, 15) is 34.6 Å². The summed E-state index contributed by atoms with van der Waals surface area (Å²) < 4.78 is 15.6. The van der Waals surface area contributed by atoms with Crippen LogP contribution in [0.2, 0.25) is 0 Å². The van der Waals surface area contributed by atoms with Crippen LogP contribution in [0.25, 0.3) is 6.08 Å². The average molecular weight is 503 g/mol. The van der Waals surface area contributed by atoms with Crippen molar-refractivity contribution in [2.45, 2.75) is 6.92 Å². The van der Waals surface area contributed by atoms with E-state index in [4.69, 9.17) is 14.2 Å². The first-order valence-electron chi connectivity index (χ1n) is 9.84.